The molecule has 1 fully saturated rings. The van der Waals surface area contributed by atoms with Gasteiger partial charge in [0.25, 0.3) is 0 Å². The first kappa shape index (κ1) is 33.1. The third-order valence-corrected chi connectivity index (χ3v) is 9.55. The molecule has 11 heteroatoms. The van der Waals surface area contributed by atoms with Crippen LogP contribution in [0, 0.1) is 31.6 Å². The van der Waals surface area contributed by atoms with Crippen molar-refractivity contribution in [2.45, 2.75) is 53.0 Å². The molecule has 6 rings (SSSR count). The molecular formula is C35H34MgN4O6-2. The Morgan fingerprint density at radius 2 is 1.76 bits per heavy atom. The summed E-state index contributed by atoms with van der Waals surface area (Å²) in [4.78, 5) is 53.6. The summed E-state index contributed by atoms with van der Waals surface area (Å²) >= 11 is 0. The van der Waals surface area contributed by atoms with Crippen LogP contribution in [0.25, 0.3) is 41.5 Å². The number of carbonyl (C=O) groups excluding carboxylic acids is 2. The second-order valence-electron chi connectivity index (χ2n) is 11.8. The summed E-state index contributed by atoms with van der Waals surface area (Å²) in [6.07, 6.45) is 9.05. The number of rotatable bonds is 6. The quantitative estimate of drug-likeness (QED) is 0.233. The summed E-state index contributed by atoms with van der Waals surface area (Å²) in [5.41, 5.74) is 6.45. The summed E-state index contributed by atoms with van der Waals surface area (Å²) < 4.78 is 5.11. The van der Waals surface area contributed by atoms with Crippen LogP contribution in [0.4, 0.5) is 0 Å². The number of ether oxygens (including phenoxy) is 1. The number of aromatic nitrogens is 3. The molecule has 1 aliphatic carbocycles. The van der Waals surface area contributed by atoms with E-state index in [1.807, 2.05) is 32.9 Å². The van der Waals surface area contributed by atoms with Crippen LogP contribution in [0.3, 0.4) is 0 Å². The van der Waals surface area contributed by atoms with E-state index < -0.39 is 29.7 Å². The fourth-order valence-electron chi connectivity index (χ4n) is 7.14. The van der Waals surface area contributed by atoms with Gasteiger partial charge in [0, 0.05) is 12.0 Å². The van der Waals surface area contributed by atoms with Crippen molar-refractivity contribution >= 4 is 76.9 Å². The van der Waals surface area contributed by atoms with Gasteiger partial charge in [-0.1, -0.05) is 73.0 Å². The number of ketones is 1. The van der Waals surface area contributed by atoms with Crippen LogP contribution in [-0.2, 0) is 20.7 Å². The molecular weight excluding hydrogens is 597 g/mol. The number of carboxylic acid groups (broad SMARTS) is 1. The van der Waals surface area contributed by atoms with E-state index in [0.717, 1.165) is 23.0 Å². The predicted octanol–water partition coefficient (Wildman–Crippen LogP) is 1.32. The molecule has 0 aromatic carbocycles. The zero-order chi connectivity index (χ0) is 32.3. The van der Waals surface area contributed by atoms with E-state index >= 15 is 0 Å². The molecule has 3 aromatic rings. The molecule has 4 atom stereocenters. The third kappa shape index (κ3) is 5.05. The van der Waals surface area contributed by atoms with Gasteiger partial charge in [-0.25, -0.2) is 0 Å². The first-order valence-corrected chi connectivity index (χ1v) is 15.0. The van der Waals surface area contributed by atoms with Crippen molar-refractivity contribution in [2.75, 3.05) is 7.11 Å². The van der Waals surface area contributed by atoms with Crippen molar-refractivity contribution in [3.63, 3.8) is 0 Å². The molecule has 46 heavy (non-hydrogen) atoms. The van der Waals surface area contributed by atoms with Crippen molar-refractivity contribution in [2.24, 2.45) is 17.8 Å². The number of aliphatic hydroxyl groups is 1. The Bertz CT molecular complexity index is 2080. The number of carboxylic acids is 1. The van der Waals surface area contributed by atoms with Crippen molar-refractivity contribution in [1.82, 2.24) is 15.0 Å². The van der Waals surface area contributed by atoms with Gasteiger partial charge in [-0.05, 0) is 49.3 Å². The number of nitrogens with zero attached hydrogens (tertiary/aromatic N) is 4. The number of carbonyl (C=O) groups is 3. The van der Waals surface area contributed by atoms with Gasteiger partial charge in [-0.3, -0.25) is 14.4 Å². The number of hydrogen-bond acceptors (Lipinski definition) is 5. The van der Waals surface area contributed by atoms with Crippen molar-refractivity contribution in [1.29, 1.82) is 0 Å². The normalized spacial score (nSPS) is 24.2. The van der Waals surface area contributed by atoms with Crippen molar-refractivity contribution in [3.8, 4) is 0 Å². The van der Waals surface area contributed by atoms with Gasteiger partial charge in [0.05, 0.1) is 13.4 Å². The molecule has 0 radical (unpaired) electrons. The topological polar surface area (TPSA) is 157 Å². The van der Waals surface area contributed by atoms with Gasteiger partial charge >= 0.3 is 35.0 Å². The molecule has 0 saturated carbocycles. The second kappa shape index (κ2) is 12.5. The maximum absolute atomic E-state index is 14.0. The fourth-order valence-corrected chi connectivity index (χ4v) is 7.14. The fraction of sp³-hybridized carbons (Fsp3) is 0.343. The number of aliphatic hydroxyl groups excluding tert-OH is 1. The van der Waals surface area contributed by atoms with Crippen LogP contribution in [0.1, 0.15) is 76.4 Å². The van der Waals surface area contributed by atoms with E-state index in [0.29, 0.717) is 67.2 Å². The number of fused-ring (bicyclic) bond motifs is 8. The molecule has 1 saturated heterocycles. The Labute approximate surface area is 281 Å². The standard InChI is InChI=1S/C35H34N4O6.Mg/c1-7-18-15(3)22-11-23-16(4)20(9-10-28(41)42)32(38-23)30-31(35(44)45-6)34(43)29-17(5)24(39-33(29)30)12-26-19(8-2)21(14-40)27(37-26)13-25(18)36-22;/h7,11-14,16,20,31-32H,1,8-10H2,2-6H3,(H,40,43)(H,41,42);/q-4;+2/b23-11+,27-13-;/t16-,20-,31+,32?;/m0./s1. The number of allylic oxidation sites excluding steroid dienone is 1. The van der Waals surface area contributed by atoms with E-state index in [1.54, 1.807) is 19.1 Å². The SMILES string of the molecule is C=Cc1c2[n-]c(c1C)/C=C1/[N-]C(C3=c4[n-]/c(c(C)c4C(=O)[C@@H]3C(=O)OC)=C\c3[n-]c(/c(=C\O)c3CC)=C\2)[C@@H](CCC(=O)O)[C@@H]1C.[Mg+2]. The summed E-state index contributed by atoms with van der Waals surface area (Å²) in [6, 6.07) is -0.680. The van der Waals surface area contributed by atoms with Gasteiger partial charge in [0.15, 0.2) is 5.78 Å². The van der Waals surface area contributed by atoms with E-state index in [1.165, 1.54) is 7.11 Å². The summed E-state index contributed by atoms with van der Waals surface area (Å²) in [5.74, 6) is -3.81. The molecule has 1 unspecified atom stereocenters. The minimum absolute atomic E-state index is 0. The molecule has 5 heterocycles. The largest absolute Gasteiger partial charge is 2.00 e. The van der Waals surface area contributed by atoms with Crippen LogP contribution in [0.2, 0.25) is 0 Å². The molecule has 0 spiro atoms. The molecule has 234 valence electrons. The third-order valence-electron chi connectivity index (χ3n) is 9.55. The number of hydrogen-bond donors (Lipinski definition) is 2. The van der Waals surface area contributed by atoms with Gasteiger partial charge < -0.3 is 35.2 Å². The molecule has 10 nitrogen and oxygen atoms in total. The van der Waals surface area contributed by atoms with E-state index in [-0.39, 0.29) is 47.7 Å². The Morgan fingerprint density at radius 1 is 1.04 bits per heavy atom. The smallest absolute Gasteiger partial charge is 0.681 e. The zero-order valence-corrected chi connectivity index (χ0v) is 28.0. The van der Waals surface area contributed by atoms with E-state index in [4.69, 9.17) is 25.0 Å². The monoisotopic (exact) mass is 630 g/mol. The summed E-state index contributed by atoms with van der Waals surface area (Å²) in [7, 11) is 1.24. The molecule has 2 N–H and O–H groups in total. The average Bonchev–Trinajstić information content (AvgIpc) is 3.76. The average molecular weight is 631 g/mol. The first-order valence-electron chi connectivity index (χ1n) is 15.0. The van der Waals surface area contributed by atoms with Crippen molar-refractivity contribution in [3.05, 3.63) is 83.8 Å². The van der Waals surface area contributed by atoms with Gasteiger partial charge in [-0.2, -0.15) is 5.70 Å². The van der Waals surface area contributed by atoms with E-state index in [2.05, 4.69) is 6.58 Å². The summed E-state index contributed by atoms with van der Waals surface area (Å²) in [5, 5.41) is 27.0. The van der Waals surface area contributed by atoms with Crippen LogP contribution in [0.5, 0.6) is 0 Å². The predicted molar refractivity (Wildman–Crippen MR) is 175 cm³/mol. The van der Waals surface area contributed by atoms with Gasteiger partial charge in [-0.15, -0.1) is 33.1 Å². The minimum atomic E-state index is -1.23. The van der Waals surface area contributed by atoms with E-state index in [9.17, 15) is 24.6 Å². The zero-order valence-electron chi connectivity index (χ0n) is 26.5. The summed E-state index contributed by atoms with van der Waals surface area (Å²) in [6.45, 7) is 11.7. The number of esters is 1. The molecule has 3 aromatic heterocycles. The Balaban J connectivity index is 0.00000417. The second-order valence-corrected chi connectivity index (χ2v) is 11.8. The minimum Gasteiger partial charge on any atom is -0.681 e. The van der Waals surface area contributed by atoms with Gasteiger partial charge in [0.1, 0.15) is 5.92 Å². The molecule has 8 bridgehead atoms. The Hall–Kier alpha value is -4.22. The van der Waals surface area contributed by atoms with Crippen LogP contribution < -0.4 is 36.2 Å². The Morgan fingerprint density at radius 3 is 2.39 bits per heavy atom. The number of Topliss-reactive ketones (excluding diaryl/α,β-unsaturated/α-hetero) is 1. The molecule has 0 amide bonds. The van der Waals surface area contributed by atoms with Crippen LogP contribution in [0.15, 0.2) is 12.3 Å². The molecule has 2 aliphatic heterocycles. The molecule has 3 aliphatic rings. The van der Waals surface area contributed by atoms with Crippen LogP contribution >= 0.6 is 0 Å². The maximum Gasteiger partial charge on any atom is 2.00 e. The Kier molecular flexibility index (Phi) is 9.02. The van der Waals surface area contributed by atoms with Gasteiger partial charge in [0.2, 0.25) is 0 Å². The maximum atomic E-state index is 14.0. The number of aliphatic carboxylic acids is 1. The van der Waals surface area contributed by atoms with Crippen molar-refractivity contribution < 1.29 is 29.3 Å². The van der Waals surface area contributed by atoms with Crippen LogP contribution in [-0.4, -0.2) is 64.1 Å². The first-order chi connectivity index (χ1) is 21.5. The number of methoxy groups -OCH3 is 1.